The summed E-state index contributed by atoms with van der Waals surface area (Å²) in [6, 6.07) is 19.0. The Kier molecular flexibility index (Phi) is 3.79. The molecule has 3 heterocycles. The molecule has 5 nitrogen and oxygen atoms in total. The number of rotatable bonds is 4. The van der Waals surface area contributed by atoms with Gasteiger partial charge in [0.15, 0.2) is 11.4 Å². The Balaban J connectivity index is 1.35. The highest BCUT2D eigenvalue weighted by Gasteiger charge is 2.24. The minimum atomic E-state index is 0.366. The van der Waals surface area contributed by atoms with Gasteiger partial charge in [-0.3, -0.25) is 4.90 Å². The second-order valence-electron chi connectivity index (χ2n) is 6.85. The van der Waals surface area contributed by atoms with E-state index in [4.69, 9.17) is 4.42 Å². The summed E-state index contributed by atoms with van der Waals surface area (Å²) >= 11 is 0. The highest BCUT2D eigenvalue weighted by atomic mass is 16.3. The fourth-order valence-corrected chi connectivity index (χ4v) is 3.76. The topological polar surface area (TPSA) is 54.2 Å². The Labute approximate surface area is 151 Å². The predicted octanol–water partition coefficient (Wildman–Crippen LogP) is 4.06. The normalized spacial score (nSPS) is 17.9. The summed E-state index contributed by atoms with van der Waals surface area (Å²) in [6.45, 7) is 3.07. The van der Waals surface area contributed by atoms with Crippen LogP contribution in [0.15, 0.2) is 65.3 Å². The van der Waals surface area contributed by atoms with Crippen LogP contribution in [-0.4, -0.2) is 34.0 Å². The van der Waals surface area contributed by atoms with Crippen LogP contribution in [-0.2, 0) is 6.54 Å². The van der Waals surface area contributed by atoms with E-state index in [9.17, 15) is 0 Å². The minimum absolute atomic E-state index is 0.366. The molecule has 1 aliphatic heterocycles. The molecule has 0 amide bonds. The van der Waals surface area contributed by atoms with E-state index in [1.165, 1.54) is 5.56 Å². The number of fused-ring (bicyclic) bond motifs is 3. The van der Waals surface area contributed by atoms with Crippen molar-refractivity contribution in [2.24, 2.45) is 0 Å². The van der Waals surface area contributed by atoms with E-state index in [1.807, 2.05) is 24.3 Å². The van der Waals surface area contributed by atoms with Crippen molar-refractivity contribution in [2.75, 3.05) is 18.4 Å². The van der Waals surface area contributed by atoms with E-state index in [-0.39, 0.29) is 0 Å². The standard InChI is InChI=1S/C21H20N4O/c1-2-6-15(7-3-1)12-25-11-10-16(13-25)24-21-20-19(22-14-23-21)17-8-4-5-9-18(17)26-20/h1-9,14,16H,10-13H2,(H,22,23,24)/t16-/m1/s1. The Morgan fingerprint density at radius 3 is 2.81 bits per heavy atom. The van der Waals surface area contributed by atoms with Crippen LogP contribution in [0.2, 0.25) is 0 Å². The summed E-state index contributed by atoms with van der Waals surface area (Å²) in [5.41, 5.74) is 3.82. The zero-order valence-corrected chi connectivity index (χ0v) is 14.4. The van der Waals surface area contributed by atoms with Gasteiger partial charge in [-0.15, -0.1) is 0 Å². The second-order valence-corrected chi connectivity index (χ2v) is 6.85. The number of hydrogen-bond acceptors (Lipinski definition) is 5. The van der Waals surface area contributed by atoms with Crippen LogP contribution in [0.25, 0.3) is 22.1 Å². The molecule has 0 aliphatic carbocycles. The lowest BCUT2D eigenvalue weighted by atomic mass is 10.2. The third kappa shape index (κ3) is 2.80. The number of likely N-dealkylation sites (tertiary alicyclic amines) is 1. The van der Waals surface area contributed by atoms with Crippen LogP contribution >= 0.6 is 0 Å². The summed E-state index contributed by atoms with van der Waals surface area (Å²) in [5.74, 6) is 0.790. The fraction of sp³-hybridized carbons (Fsp3) is 0.238. The molecule has 0 radical (unpaired) electrons. The summed E-state index contributed by atoms with van der Waals surface area (Å²) in [4.78, 5) is 11.3. The van der Waals surface area contributed by atoms with Crippen LogP contribution in [0, 0.1) is 0 Å². The molecule has 2 aromatic carbocycles. The van der Waals surface area contributed by atoms with E-state index in [0.717, 1.165) is 53.9 Å². The molecule has 0 spiro atoms. The average Bonchev–Trinajstić information content (AvgIpc) is 3.27. The van der Waals surface area contributed by atoms with Gasteiger partial charge in [0, 0.05) is 31.1 Å². The molecular weight excluding hydrogens is 324 g/mol. The number of furan rings is 1. The number of nitrogens with one attached hydrogen (secondary N) is 1. The molecule has 0 unspecified atom stereocenters. The molecule has 1 atom stereocenters. The van der Waals surface area contributed by atoms with E-state index in [1.54, 1.807) is 6.33 Å². The van der Waals surface area contributed by atoms with Gasteiger partial charge in [0.1, 0.15) is 17.4 Å². The largest absolute Gasteiger partial charge is 0.450 e. The van der Waals surface area contributed by atoms with E-state index in [0.29, 0.717) is 6.04 Å². The maximum absolute atomic E-state index is 6.02. The monoisotopic (exact) mass is 344 g/mol. The third-order valence-electron chi connectivity index (χ3n) is 5.02. The fourth-order valence-electron chi connectivity index (χ4n) is 3.76. The quantitative estimate of drug-likeness (QED) is 0.605. The van der Waals surface area contributed by atoms with Crippen molar-refractivity contribution in [3.63, 3.8) is 0 Å². The predicted molar refractivity (Wildman–Crippen MR) is 103 cm³/mol. The SMILES string of the molecule is c1ccc(CN2CC[C@@H](Nc3ncnc4c3oc3ccccc34)C2)cc1. The van der Waals surface area contributed by atoms with Gasteiger partial charge >= 0.3 is 0 Å². The van der Waals surface area contributed by atoms with Gasteiger partial charge in [0.25, 0.3) is 0 Å². The summed E-state index contributed by atoms with van der Waals surface area (Å²) in [5, 5.41) is 4.61. The molecule has 5 heteroatoms. The van der Waals surface area contributed by atoms with Crippen LogP contribution < -0.4 is 5.32 Å². The van der Waals surface area contributed by atoms with Crippen LogP contribution in [0.4, 0.5) is 5.82 Å². The van der Waals surface area contributed by atoms with Crippen molar-refractivity contribution >= 4 is 27.9 Å². The van der Waals surface area contributed by atoms with Crippen LogP contribution in [0.5, 0.6) is 0 Å². The lowest BCUT2D eigenvalue weighted by molar-refractivity contribution is 0.328. The molecule has 1 N–H and O–H groups in total. The highest BCUT2D eigenvalue weighted by Crippen LogP contribution is 2.31. The third-order valence-corrected chi connectivity index (χ3v) is 5.02. The molecule has 0 bridgehead atoms. The van der Waals surface area contributed by atoms with E-state index >= 15 is 0 Å². The van der Waals surface area contributed by atoms with Crippen molar-refractivity contribution < 1.29 is 4.42 Å². The number of benzene rings is 2. The van der Waals surface area contributed by atoms with E-state index in [2.05, 4.69) is 50.5 Å². The number of aromatic nitrogens is 2. The zero-order valence-electron chi connectivity index (χ0n) is 14.4. The van der Waals surface area contributed by atoms with E-state index < -0.39 is 0 Å². The van der Waals surface area contributed by atoms with Crippen LogP contribution in [0.1, 0.15) is 12.0 Å². The van der Waals surface area contributed by atoms with Gasteiger partial charge in [-0.2, -0.15) is 0 Å². The van der Waals surface area contributed by atoms with Crippen molar-refractivity contribution in [1.29, 1.82) is 0 Å². The Bertz CT molecular complexity index is 1040. The lowest BCUT2D eigenvalue weighted by Crippen LogP contribution is -2.26. The smallest absolute Gasteiger partial charge is 0.196 e. The van der Waals surface area contributed by atoms with Gasteiger partial charge < -0.3 is 9.73 Å². The minimum Gasteiger partial charge on any atom is -0.450 e. The van der Waals surface area contributed by atoms with Crippen molar-refractivity contribution in [3.8, 4) is 0 Å². The molecule has 1 fully saturated rings. The Morgan fingerprint density at radius 2 is 1.88 bits per heavy atom. The first-order valence-electron chi connectivity index (χ1n) is 9.02. The zero-order chi connectivity index (χ0) is 17.3. The number of nitrogens with zero attached hydrogens (tertiary/aromatic N) is 3. The van der Waals surface area contributed by atoms with Gasteiger partial charge in [-0.1, -0.05) is 42.5 Å². The summed E-state index contributed by atoms with van der Waals surface area (Å²) in [7, 11) is 0. The molecule has 1 aliphatic rings. The Hall–Kier alpha value is -2.92. The van der Waals surface area contributed by atoms with Crippen LogP contribution in [0.3, 0.4) is 0 Å². The first-order chi connectivity index (χ1) is 12.9. The number of anilines is 1. The second kappa shape index (κ2) is 6.42. The highest BCUT2D eigenvalue weighted by molar-refractivity contribution is 6.05. The summed E-state index contributed by atoms with van der Waals surface area (Å²) < 4.78 is 6.02. The average molecular weight is 344 g/mol. The maximum Gasteiger partial charge on any atom is 0.196 e. The molecule has 26 heavy (non-hydrogen) atoms. The van der Waals surface area contributed by atoms with Crippen molar-refractivity contribution in [3.05, 3.63) is 66.5 Å². The molecule has 1 saturated heterocycles. The molecule has 5 rings (SSSR count). The molecule has 2 aromatic heterocycles. The lowest BCUT2D eigenvalue weighted by Gasteiger charge is -2.17. The van der Waals surface area contributed by atoms with Gasteiger partial charge in [-0.25, -0.2) is 9.97 Å². The van der Waals surface area contributed by atoms with Gasteiger partial charge in [0.2, 0.25) is 0 Å². The maximum atomic E-state index is 6.02. The first-order valence-corrected chi connectivity index (χ1v) is 9.02. The molecular formula is C21H20N4O. The van der Waals surface area contributed by atoms with Gasteiger partial charge in [-0.05, 0) is 24.1 Å². The van der Waals surface area contributed by atoms with Gasteiger partial charge in [0.05, 0.1) is 0 Å². The molecule has 4 aromatic rings. The van der Waals surface area contributed by atoms with Crippen molar-refractivity contribution in [2.45, 2.75) is 19.0 Å². The molecule has 130 valence electrons. The van der Waals surface area contributed by atoms with Crippen molar-refractivity contribution in [1.82, 2.24) is 14.9 Å². The number of hydrogen-bond donors (Lipinski definition) is 1. The molecule has 0 saturated carbocycles. The first kappa shape index (κ1) is 15.3. The Morgan fingerprint density at radius 1 is 1.04 bits per heavy atom. The number of para-hydroxylation sites is 1. The summed E-state index contributed by atoms with van der Waals surface area (Å²) in [6.07, 6.45) is 2.71.